The summed E-state index contributed by atoms with van der Waals surface area (Å²) in [6.45, 7) is 6.00. The molecule has 2 amide bonds. The summed E-state index contributed by atoms with van der Waals surface area (Å²) in [5.74, 6) is -1.55. The first-order valence-corrected chi connectivity index (χ1v) is 17.1. The van der Waals surface area contributed by atoms with E-state index in [0.717, 1.165) is 12.8 Å². The van der Waals surface area contributed by atoms with E-state index in [1.54, 1.807) is 25.1 Å². The predicted octanol–water partition coefficient (Wildman–Crippen LogP) is 6.09. The molecule has 2 aromatic heterocycles. The smallest absolute Gasteiger partial charge is 0.244 e. The van der Waals surface area contributed by atoms with Gasteiger partial charge in [0.2, 0.25) is 23.6 Å². The molecule has 4 aliphatic rings. The minimum atomic E-state index is -1.33. The van der Waals surface area contributed by atoms with Gasteiger partial charge < -0.3 is 20.2 Å². The number of benzene rings is 1. The molecule has 250 valence electrons. The van der Waals surface area contributed by atoms with E-state index in [1.807, 2.05) is 6.07 Å². The zero-order valence-electron chi connectivity index (χ0n) is 26.6. The SMILES string of the molecule is C[C@@H](O)c1nnc(C2CCC(NC(=O)[C@@H]3NC4(CCC(C)(C)CC4)[C@@]4(C(=O)Nc5cc(Cl)ccc54)[C@H]3c3ccnc(Cl)c3F)CC2)o1. The van der Waals surface area contributed by atoms with Gasteiger partial charge >= 0.3 is 0 Å². The summed E-state index contributed by atoms with van der Waals surface area (Å²) < 4.78 is 21.8. The lowest BCUT2D eigenvalue weighted by atomic mass is 9.53. The van der Waals surface area contributed by atoms with Gasteiger partial charge in [-0.25, -0.2) is 9.37 Å². The Hall–Kier alpha value is -3.12. The summed E-state index contributed by atoms with van der Waals surface area (Å²) in [7, 11) is 0. The van der Waals surface area contributed by atoms with E-state index < -0.39 is 34.8 Å². The maximum atomic E-state index is 16.1. The van der Waals surface area contributed by atoms with Crippen LogP contribution in [-0.2, 0) is 15.0 Å². The Bertz CT molecular complexity index is 1710. The number of fused-ring (bicyclic) bond motifs is 3. The molecule has 0 bridgehead atoms. The van der Waals surface area contributed by atoms with Crippen LogP contribution in [0.1, 0.15) is 113 Å². The highest BCUT2D eigenvalue weighted by Crippen LogP contribution is 2.64. The van der Waals surface area contributed by atoms with Crippen molar-refractivity contribution in [3.05, 3.63) is 69.4 Å². The summed E-state index contributed by atoms with van der Waals surface area (Å²) in [5.41, 5.74) is -0.695. The first-order valence-electron chi connectivity index (χ1n) is 16.4. The van der Waals surface area contributed by atoms with Crippen LogP contribution in [0, 0.1) is 11.2 Å². The van der Waals surface area contributed by atoms with Gasteiger partial charge in [0.15, 0.2) is 11.0 Å². The first-order chi connectivity index (χ1) is 22.3. The fourth-order valence-electron chi connectivity index (χ4n) is 8.68. The van der Waals surface area contributed by atoms with E-state index >= 15 is 4.39 Å². The number of anilines is 1. The van der Waals surface area contributed by atoms with E-state index in [0.29, 0.717) is 60.7 Å². The van der Waals surface area contributed by atoms with Crippen LogP contribution >= 0.6 is 23.2 Å². The van der Waals surface area contributed by atoms with Crippen molar-refractivity contribution in [2.24, 2.45) is 5.41 Å². The van der Waals surface area contributed by atoms with Crippen LogP contribution in [-0.4, -0.2) is 49.7 Å². The number of carbonyl (C=O) groups excluding carboxylic acids is 2. The summed E-state index contributed by atoms with van der Waals surface area (Å²) in [6, 6.07) is 5.76. The predicted molar refractivity (Wildman–Crippen MR) is 174 cm³/mol. The van der Waals surface area contributed by atoms with Crippen molar-refractivity contribution in [3.63, 3.8) is 0 Å². The molecule has 10 nitrogen and oxygen atoms in total. The van der Waals surface area contributed by atoms with Gasteiger partial charge in [0.05, 0.1) is 6.04 Å². The lowest BCUT2D eigenvalue weighted by Crippen LogP contribution is -2.61. The number of nitrogens with one attached hydrogen (secondary N) is 3. The molecule has 2 spiro atoms. The minimum absolute atomic E-state index is 0.0243. The molecule has 2 aliphatic carbocycles. The Kier molecular flexibility index (Phi) is 8.13. The number of halogens is 3. The first kappa shape index (κ1) is 32.4. The van der Waals surface area contributed by atoms with Crippen molar-refractivity contribution in [1.29, 1.82) is 0 Å². The van der Waals surface area contributed by atoms with Crippen LogP contribution in [0.3, 0.4) is 0 Å². The number of amides is 2. The van der Waals surface area contributed by atoms with Gasteiger partial charge in [0.25, 0.3) is 0 Å². The van der Waals surface area contributed by atoms with E-state index in [2.05, 4.69) is 45.0 Å². The molecule has 7 rings (SSSR count). The van der Waals surface area contributed by atoms with Crippen LogP contribution in [0.15, 0.2) is 34.9 Å². The number of rotatable bonds is 5. The number of aliphatic hydroxyl groups excluding tert-OH is 1. The Labute approximate surface area is 282 Å². The van der Waals surface area contributed by atoms with Gasteiger partial charge in [-0.1, -0.05) is 43.1 Å². The van der Waals surface area contributed by atoms with Crippen molar-refractivity contribution < 1.29 is 23.5 Å². The van der Waals surface area contributed by atoms with E-state index in [9.17, 15) is 14.7 Å². The Morgan fingerprint density at radius 1 is 1.11 bits per heavy atom. The molecule has 47 heavy (non-hydrogen) atoms. The third-order valence-corrected chi connectivity index (χ3v) is 11.7. The largest absolute Gasteiger partial charge is 0.422 e. The molecule has 2 saturated carbocycles. The third kappa shape index (κ3) is 5.25. The third-order valence-electron chi connectivity index (χ3n) is 11.2. The molecule has 0 unspecified atom stereocenters. The summed E-state index contributed by atoms with van der Waals surface area (Å²) in [5, 5.41) is 28.0. The Morgan fingerprint density at radius 2 is 1.83 bits per heavy atom. The highest BCUT2D eigenvalue weighted by Gasteiger charge is 2.73. The minimum Gasteiger partial charge on any atom is -0.422 e. The van der Waals surface area contributed by atoms with Crippen molar-refractivity contribution in [1.82, 2.24) is 25.8 Å². The lowest BCUT2D eigenvalue weighted by molar-refractivity contribution is -0.125. The van der Waals surface area contributed by atoms with E-state index in [4.69, 9.17) is 27.6 Å². The van der Waals surface area contributed by atoms with E-state index in [1.165, 1.54) is 6.20 Å². The fraction of sp³-hybridized carbons (Fsp3) is 0.559. The van der Waals surface area contributed by atoms with Gasteiger partial charge in [0.1, 0.15) is 11.5 Å². The normalized spacial score (nSPS) is 29.9. The van der Waals surface area contributed by atoms with Gasteiger partial charge in [0, 0.05) is 40.3 Å². The molecule has 1 saturated heterocycles. The quantitative estimate of drug-likeness (QED) is 0.237. The second-order valence-corrected chi connectivity index (χ2v) is 15.3. The number of carbonyl (C=O) groups is 2. The average Bonchev–Trinajstić information content (AvgIpc) is 3.71. The second-order valence-electron chi connectivity index (χ2n) is 14.5. The number of aromatic nitrogens is 3. The van der Waals surface area contributed by atoms with Crippen LogP contribution in [0.25, 0.3) is 0 Å². The molecule has 1 aromatic carbocycles. The fourth-order valence-corrected chi connectivity index (χ4v) is 9.02. The molecule has 3 aromatic rings. The topological polar surface area (TPSA) is 142 Å². The molecule has 3 fully saturated rings. The molecule has 4 heterocycles. The Balaban J connectivity index is 1.26. The average molecular weight is 686 g/mol. The zero-order valence-corrected chi connectivity index (χ0v) is 28.1. The van der Waals surface area contributed by atoms with Gasteiger partial charge in [-0.3, -0.25) is 14.9 Å². The highest BCUT2D eigenvalue weighted by molar-refractivity contribution is 6.31. The molecule has 2 aliphatic heterocycles. The molecule has 4 N–H and O–H groups in total. The Morgan fingerprint density at radius 3 is 2.51 bits per heavy atom. The maximum absolute atomic E-state index is 16.1. The maximum Gasteiger partial charge on any atom is 0.244 e. The second kappa shape index (κ2) is 11.8. The van der Waals surface area contributed by atoms with Crippen LogP contribution in [0.2, 0.25) is 10.2 Å². The van der Waals surface area contributed by atoms with Gasteiger partial charge in [-0.05, 0) is 93.0 Å². The summed E-state index contributed by atoms with van der Waals surface area (Å²) in [4.78, 5) is 33.1. The molecular weight excluding hydrogens is 646 g/mol. The number of nitrogens with zero attached hydrogens (tertiary/aromatic N) is 3. The highest BCUT2D eigenvalue weighted by atomic mass is 35.5. The van der Waals surface area contributed by atoms with Crippen molar-refractivity contribution in [2.45, 2.75) is 113 Å². The summed E-state index contributed by atoms with van der Waals surface area (Å²) >= 11 is 12.7. The van der Waals surface area contributed by atoms with Gasteiger partial charge in [-0.15, -0.1) is 10.2 Å². The molecule has 4 atom stereocenters. The van der Waals surface area contributed by atoms with Gasteiger partial charge in [-0.2, -0.15) is 0 Å². The number of hydrogen-bond donors (Lipinski definition) is 4. The van der Waals surface area contributed by atoms with Crippen molar-refractivity contribution >= 4 is 40.7 Å². The standard InChI is InChI=1S/C34H39Cl2FN6O4/c1-17(44)29-42-43-30(47-29)18-4-7-20(8-5-18)39-28(45)26-24(21-10-15-38-27(36)25(21)37)34(33(41-26)13-11-32(2,3)12-14-33)22-9-6-19(35)16-23(22)40-31(34)46/h6,9-10,15-18,20,24,26,41,44H,4-5,7-8,11-14H2,1-3H3,(H,39,45)(H,40,46)/t17-,18?,20?,24+,26-,34-/m1/s1. The van der Waals surface area contributed by atoms with Crippen LogP contribution < -0.4 is 16.0 Å². The number of pyridine rings is 1. The summed E-state index contributed by atoms with van der Waals surface area (Å²) in [6.07, 6.45) is 6.19. The van der Waals surface area contributed by atoms with Crippen molar-refractivity contribution in [2.75, 3.05) is 5.32 Å². The molecule has 0 radical (unpaired) electrons. The molecule has 13 heteroatoms. The number of hydrogen-bond acceptors (Lipinski definition) is 8. The monoisotopic (exact) mass is 684 g/mol. The lowest BCUT2D eigenvalue weighted by Gasteiger charge is -2.50. The number of aliphatic hydroxyl groups is 1. The van der Waals surface area contributed by atoms with Crippen molar-refractivity contribution in [3.8, 4) is 0 Å². The van der Waals surface area contributed by atoms with Crippen LogP contribution in [0.4, 0.5) is 10.1 Å². The zero-order chi connectivity index (χ0) is 33.3. The molecular formula is C34H39Cl2FN6O4. The van der Waals surface area contributed by atoms with Crippen LogP contribution in [0.5, 0.6) is 0 Å². The van der Waals surface area contributed by atoms with E-state index in [-0.39, 0.29) is 45.8 Å².